The fraction of sp³-hybridized carbons (Fsp3) is 0.389. The van der Waals surface area contributed by atoms with Gasteiger partial charge in [0, 0.05) is 17.8 Å². The number of thioether (sulfide) groups is 1. The second kappa shape index (κ2) is 9.28. The fourth-order valence-electron chi connectivity index (χ4n) is 2.25. The molecule has 1 aromatic carbocycles. The number of H-pyrrole nitrogens is 1. The summed E-state index contributed by atoms with van der Waals surface area (Å²) in [7, 11) is 3.18. The van der Waals surface area contributed by atoms with E-state index in [4.69, 9.17) is 9.47 Å². The van der Waals surface area contributed by atoms with Gasteiger partial charge in [-0.15, -0.1) is 0 Å². The van der Waals surface area contributed by atoms with Gasteiger partial charge in [-0.05, 0) is 38.0 Å². The van der Waals surface area contributed by atoms with Gasteiger partial charge in [-0.3, -0.25) is 9.59 Å². The third-order valence-corrected chi connectivity index (χ3v) is 4.77. The number of hydrogen-bond acceptors (Lipinski definition) is 6. The summed E-state index contributed by atoms with van der Waals surface area (Å²) < 4.78 is 10.5. The Morgan fingerprint density at radius 2 is 1.96 bits per heavy atom. The maximum Gasteiger partial charge on any atom is 0.254 e. The lowest BCUT2D eigenvalue weighted by molar-refractivity contribution is -0.118. The second-order valence-electron chi connectivity index (χ2n) is 5.66. The number of benzene rings is 1. The van der Waals surface area contributed by atoms with E-state index in [9.17, 15) is 9.59 Å². The van der Waals surface area contributed by atoms with Gasteiger partial charge in [0.15, 0.2) is 16.7 Å². The molecular formula is C18H23N3O4S. The maximum absolute atomic E-state index is 12.0. The largest absolute Gasteiger partial charge is 0.493 e. The highest BCUT2D eigenvalue weighted by atomic mass is 32.2. The van der Waals surface area contributed by atoms with Crippen LogP contribution in [0.25, 0.3) is 0 Å². The number of aromatic amines is 1. The number of ether oxygens (including phenoxy) is 2. The molecule has 0 aliphatic carbocycles. The average Bonchev–Trinajstić information content (AvgIpc) is 2.64. The van der Waals surface area contributed by atoms with Crippen molar-refractivity contribution in [1.82, 2.24) is 15.3 Å². The van der Waals surface area contributed by atoms with E-state index in [0.717, 1.165) is 5.56 Å². The van der Waals surface area contributed by atoms with E-state index in [1.54, 1.807) is 28.1 Å². The molecule has 0 saturated heterocycles. The molecule has 1 aromatic heterocycles. The first kappa shape index (κ1) is 19.8. The van der Waals surface area contributed by atoms with Crippen LogP contribution in [0.15, 0.2) is 28.2 Å². The molecule has 140 valence electrons. The molecule has 0 atom stereocenters. The summed E-state index contributed by atoms with van der Waals surface area (Å²) in [5, 5.41) is 3.31. The van der Waals surface area contributed by atoms with Gasteiger partial charge in [0.05, 0.1) is 20.0 Å². The molecule has 0 spiro atoms. The Bertz CT molecular complexity index is 836. The van der Waals surface area contributed by atoms with Gasteiger partial charge in [0.25, 0.3) is 5.56 Å². The van der Waals surface area contributed by atoms with Gasteiger partial charge < -0.3 is 19.8 Å². The van der Waals surface area contributed by atoms with Crippen molar-refractivity contribution < 1.29 is 14.3 Å². The van der Waals surface area contributed by atoms with Crippen LogP contribution in [0, 0.1) is 13.8 Å². The molecule has 0 radical (unpaired) electrons. The van der Waals surface area contributed by atoms with E-state index in [2.05, 4.69) is 15.3 Å². The molecular weight excluding hydrogens is 354 g/mol. The molecule has 0 fully saturated rings. The second-order valence-corrected chi connectivity index (χ2v) is 6.62. The summed E-state index contributed by atoms with van der Waals surface area (Å²) >= 11 is 1.21. The first-order valence-corrected chi connectivity index (χ1v) is 9.11. The molecule has 1 heterocycles. The Morgan fingerprint density at radius 1 is 1.23 bits per heavy atom. The van der Waals surface area contributed by atoms with Crippen LogP contribution in [0.3, 0.4) is 0 Å². The Hall–Kier alpha value is -2.48. The van der Waals surface area contributed by atoms with Gasteiger partial charge in [-0.1, -0.05) is 17.8 Å². The van der Waals surface area contributed by atoms with Crippen molar-refractivity contribution in [2.75, 3.05) is 26.5 Å². The van der Waals surface area contributed by atoms with Crippen molar-refractivity contribution in [2.45, 2.75) is 25.4 Å². The summed E-state index contributed by atoms with van der Waals surface area (Å²) in [6, 6.07) is 5.67. The first-order chi connectivity index (χ1) is 12.4. The minimum atomic E-state index is -0.172. The minimum absolute atomic E-state index is 0.114. The SMILES string of the molecule is COc1ccc(CCNC(=O)CSc2nc(C)c(C)c(=O)[nH]2)cc1OC. The predicted molar refractivity (Wildman–Crippen MR) is 101 cm³/mol. The molecule has 0 unspecified atom stereocenters. The number of carbonyl (C=O) groups is 1. The Kier molecular flexibility index (Phi) is 7.08. The molecule has 1 amide bonds. The van der Waals surface area contributed by atoms with Crippen molar-refractivity contribution >= 4 is 17.7 Å². The zero-order valence-corrected chi connectivity index (χ0v) is 16.2. The van der Waals surface area contributed by atoms with E-state index >= 15 is 0 Å². The number of hydrogen-bond donors (Lipinski definition) is 2. The summed E-state index contributed by atoms with van der Waals surface area (Å²) in [6.07, 6.45) is 0.676. The van der Waals surface area contributed by atoms with Crippen molar-refractivity contribution in [1.29, 1.82) is 0 Å². The van der Waals surface area contributed by atoms with Crippen molar-refractivity contribution in [3.8, 4) is 11.5 Å². The van der Waals surface area contributed by atoms with Crippen LogP contribution in [0.5, 0.6) is 11.5 Å². The first-order valence-electron chi connectivity index (χ1n) is 8.12. The number of amides is 1. The van der Waals surface area contributed by atoms with Crippen LogP contribution < -0.4 is 20.3 Å². The summed E-state index contributed by atoms with van der Waals surface area (Å²) in [5.41, 5.74) is 2.13. The highest BCUT2D eigenvalue weighted by molar-refractivity contribution is 7.99. The standard InChI is InChI=1S/C18H23N3O4S/c1-11-12(2)20-18(21-17(11)23)26-10-16(22)19-8-7-13-5-6-14(24-3)15(9-13)25-4/h5-6,9H,7-8,10H2,1-4H3,(H,19,22)(H,20,21,23). The van der Waals surface area contributed by atoms with Gasteiger partial charge in [0.1, 0.15) is 0 Å². The molecule has 2 aromatic rings. The topological polar surface area (TPSA) is 93.3 Å². The van der Waals surface area contributed by atoms with Crippen molar-refractivity contribution in [2.24, 2.45) is 0 Å². The van der Waals surface area contributed by atoms with Crippen molar-refractivity contribution in [3.05, 3.63) is 45.4 Å². The van der Waals surface area contributed by atoms with Crippen LogP contribution in [0.4, 0.5) is 0 Å². The quantitative estimate of drug-likeness (QED) is 0.539. The minimum Gasteiger partial charge on any atom is -0.493 e. The van der Waals surface area contributed by atoms with Crippen LogP contribution in [-0.4, -0.2) is 42.4 Å². The lowest BCUT2D eigenvalue weighted by Crippen LogP contribution is -2.27. The van der Waals surface area contributed by atoms with Crippen molar-refractivity contribution in [3.63, 3.8) is 0 Å². The zero-order valence-electron chi connectivity index (χ0n) is 15.3. The van der Waals surface area contributed by atoms with Gasteiger partial charge in [-0.25, -0.2) is 4.98 Å². The average molecular weight is 377 g/mol. The predicted octanol–water partition coefficient (Wildman–Crippen LogP) is 1.85. The summed E-state index contributed by atoms with van der Waals surface area (Å²) in [4.78, 5) is 30.6. The van der Waals surface area contributed by atoms with E-state index in [1.165, 1.54) is 11.8 Å². The Labute approximate surface area is 156 Å². The molecule has 0 bridgehead atoms. The number of aryl methyl sites for hydroxylation is 1. The van der Waals surface area contributed by atoms with Gasteiger partial charge in [-0.2, -0.15) is 0 Å². The number of rotatable bonds is 8. The fourth-order valence-corrected chi connectivity index (χ4v) is 2.99. The highest BCUT2D eigenvalue weighted by Crippen LogP contribution is 2.27. The van der Waals surface area contributed by atoms with E-state index in [1.807, 2.05) is 18.2 Å². The third-order valence-electron chi connectivity index (χ3n) is 3.90. The van der Waals surface area contributed by atoms with Crippen LogP contribution in [0.1, 0.15) is 16.8 Å². The van der Waals surface area contributed by atoms with Gasteiger partial charge in [0.2, 0.25) is 5.91 Å². The zero-order chi connectivity index (χ0) is 19.1. The molecule has 0 aliphatic heterocycles. The molecule has 8 heteroatoms. The molecule has 0 saturated carbocycles. The summed E-state index contributed by atoms with van der Waals surface area (Å²) in [6.45, 7) is 4.00. The Morgan fingerprint density at radius 3 is 2.62 bits per heavy atom. The number of methoxy groups -OCH3 is 2. The van der Waals surface area contributed by atoms with E-state index in [-0.39, 0.29) is 17.2 Å². The summed E-state index contributed by atoms with van der Waals surface area (Å²) in [5.74, 6) is 1.41. The number of nitrogens with one attached hydrogen (secondary N) is 2. The van der Waals surface area contributed by atoms with E-state index < -0.39 is 0 Å². The maximum atomic E-state index is 12.0. The molecule has 7 nitrogen and oxygen atoms in total. The smallest absolute Gasteiger partial charge is 0.254 e. The van der Waals surface area contributed by atoms with Gasteiger partial charge >= 0.3 is 0 Å². The van der Waals surface area contributed by atoms with Crippen LogP contribution in [0.2, 0.25) is 0 Å². The molecule has 2 N–H and O–H groups in total. The Balaban J connectivity index is 1.81. The van der Waals surface area contributed by atoms with E-state index in [0.29, 0.717) is 40.9 Å². The lowest BCUT2D eigenvalue weighted by atomic mass is 10.1. The monoisotopic (exact) mass is 377 g/mol. The lowest BCUT2D eigenvalue weighted by Gasteiger charge is -2.10. The van der Waals surface area contributed by atoms with Crippen LogP contribution >= 0.6 is 11.8 Å². The highest BCUT2D eigenvalue weighted by Gasteiger charge is 2.08. The number of nitrogens with zero attached hydrogens (tertiary/aromatic N) is 1. The normalized spacial score (nSPS) is 10.5. The third kappa shape index (κ3) is 5.26. The number of carbonyl (C=O) groups excluding carboxylic acids is 1. The molecule has 2 rings (SSSR count). The molecule has 26 heavy (non-hydrogen) atoms. The molecule has 0 aliphatic rings. The van der Waals surface area contributed by atoms with Crippen LogP contribution in [-0.2, 0) is 11.2 Å². The number of aromatic nitrogens is 2.